The first kappa shape index (κ1) is 14.5. The molecule has 0 unspecified atom stereocenters. The average molecular weight is 256 g/mol. The van der Waals surface area contributed by atoms with Gasteiger partial charge in [0.15, 0.2) is 5.13 Å². The summed E-state index contributed by atoms with van der Waals surface area (Å²) in [4.78, 5) is 8.03. The molecular weight excluding hydrogens is 232 g/mol. The molecule has 1 rings (SSSR count). The maximum atomic E-state index is 9.34. The van der Waals surface area contributed by atoms with Gasteiger partial charge in [0.05, 0.1) is 17.2 Å². The number of anilines is 1. The Bertz CT molecular complexity index is 325. The van der Waals surface area contributed by atoms with Crippen LogP contribution in [0.1, 0.15) is 50.6 Å². The van der Waals surface area contributed by atoms with Gasteiger partial charge in [-0.2, -0.15) is 0 Å². The average Bonchev–Trinajstić information content (AvgIpc) is 2.74. The summed E-state index contributed by atoms with van der Waals surface area (Å²) in [7, 11) is 0. The van der Waals surface area contributed by atoms with Crippen molar-refractivity contribution in [3.05, 3.63) is 10.6 Å². The van der Waals surface area contributed by atoms with Crippen LogP contribution in [-0.4, -0.2) is 23.2 Å². The standard InChI is InChI=1S/C13H24N2OS/c1-4-7-9-15(6-3)13-14-11(8-5-2)12(10-16)17-13/h16H,4-10H2,1-3H3. The van der Waals surface area contributed by atoms with Gasteiger partial charge in [-0.1, -0.05) is 38.0 Å². The zero-order chi connectivity index (χ0) is 12.7. The Balaban J connectivity index is 2.80. The lowest BCUT2D eigenvalue weighted by Crippen LogP contribution is -2.23. The number of unbranched alkanes of at least 4 members (excludes halogenated alkanes) is 1. The highest BCUT2D eigenvalue weighted by Gasteiger charge is 2.13. The van der Waals surface area contributed by atoms with E-state index < -0.39 is 0 Å². The molecule has 0 saturated heterocycles. The van der Waals surface area contributed by atoms with Crippen LogP contribution in [0.15, 0.2) is 0 Å². The van der Waals surface area contributed by atoms with E-state index in [1.807, 2.05) is 0 Å². The zero-order valence-corrected chi connectivity index (χ0v) is 12.0. The van der Waals surface area contributed by atoms with Crippen molar-refractivity contribution >= 4 is 16.5 Å². The molecular formula is C13H24N2OS. The molecule has 0 bridgehead atoms. The topological polar surface area (TPSA) is 36.4 Å². The summed E-state index contributed by atoms with van der Waals surface area (Å²) in [6.07, 6.45) is 4.45. The number of thiazole rings is 1. The predicted octanol–water partition coefficient (Wildman–Crippen LogP) is 3.21. The molecule has 0 aliphatic rings. The van der Waals surface area contributed by atoms with Crippen LogP contribution in [-0.2, 0) is 13.0 Å². The third-order valence-corrected chi connectivity index (χ3v) is 3.97. The van der Waals surface area contributed by atoms with Gasteiger partial charge < -0.3 is 10.0 Å². The fourth-order valence-corrected chi connectivity index (χ4v) is 2.85. The summed E-state index contributed by atoms with van der Waals surface area (Å²) in [5.41, 5.74) is 1.09. The molecule has 4 heteroatoms. The molecule has 0 amide bonds. The van der Waals surface area contributed by atoms with Gasteiger partial charge in [0, 0.05) is 13.1 Å². The van der Waals surface area contributed by atoms with Crippen molar-refractivity contribution < 1.29 is 5.11 Å². The maximum Gasteiger partial charge on any atom is 0.185 e. The highest BCUT2D eigenvalue weighted by atomic mass is 32.1. The molecule has 1 aromatic rings. The van der Waals surface area contributed by atoms with Crippen molar-refractivity contribution in [1.29, 1.82) is 0 Å². The van der Waals surface area contributed by atoms with E-state index in [4.69, 9.17) is 0 Å². The van der Waals surface area contributed by atoms with Crippen LogP contribution < -0.4 is 4.90 Å². The van der Waals surface area contributed by atoms with Crippen molar-refractivity contribution in [1.82, 2.24) is 4.98 Å². The van der Waals surface area contributed by atoms with E-state index in [2.05, 4.69) is 30.7 Å². The first-order valence-corrected chi connectivity index (χ1v) is 7.42. The predicted molar refractivity (Wildman–Crippen MR) is 74.8 cm³/mol. The molecule has 3 nitrogen and oxygen atoms in total. The van der Waals surface area contributed by atoms with E-state index in [1.54, 1.807) is 11.3 Å². The van der Waals surface area contributed by atoms with Crippen molar-refractivity contribution in [2.45, 2.75) is 53.1 Å². The highest BCUT2D eigenvalue weighted by molar-refractivity contribution is 7.15. The molecule has 1 N–H and O–H groups in total. The second-order valence-electron chi connectivity index (χ2n) is 4.21. The highest BCUT2D eigenvalue weighted by Crippen LogP contribution is 2.27. The Morgan fingerprint density at radius 2 is 2.00 bits per heavy atom. The van der Waals surface area contributed by atoms with Crippen molar-refractivity contribution in [3.63, 3.8) is 0 Å². The van der Waals surface area contributed by atoms with Gasteiger partial charge >= 0.3 is 0 Å². The molecule has 0 spiro atoms. The molecule has 17 heavy (non-hydrogen) atoms. The summed E-state index contributed by atoms with van der Waals surface area (Å²) in [6.45, 7) is 8.70. The minimum absolute atomic E-state index is 0.123. The lowest BCUT2D eigenvalue weighted by atomic mass is 10.2. The molecule has 98 valence electrons. The second-order valence-corrected chi connectivity index (χ2v) is 5.27. The molecule has 1 heterocycles. The van der Waals surface area contributed by atoms with Gasteiger partial charge in [-0.15, -0.1) is 0 Å². The minimum Gasteiger partial charge on any atom is -0.391 e. The molecule has 0 aliphatic heterocycles. The number of nitrogens with zero attached hydrogens (tertiary/aromatic N) is 2. The first-order chi connectivity index (χ1) is 8.26. The summed E-state index contributed by atoms with van der Waals surface area (Å²) >= 11 is 1.65. The van der Waals surface area contributed by atoms with Crippen LogP contribution in [0.5, 0.6) is 0 Å². The van der Waals surface area contributed by atoms with Gasteiger partial charge in [-0.05, 0) is 19.8 Å². The van der Waals surface area contributed by atoms with Crippen molar-refractivity contribution in [3.8, 4) is 0 Å². The zero-order valence-electron chi connectivity index (χ0n) is 11.2. The van der Waals surface area contributed by atoms with Gasteiger partial charge in [0.25, 0.3) is 0 Å². The van der Waals surface area contributed by atoms with E-state index in [9.17, 15) is 5.11 Å². The van der Waals surface area contributed by atoms with Gasteiger partial charge in [0.2, 0.25) is 0 Å². The summed E-state index contributed by atoms with van der Waals surface area (Å²) < 4.78 is 0. The van der Waals surface area contributed by atoms with Gasteiger partial charge in [0.1, 0.15) is 0 Å². The quantitative estimate of drug-likeness (QED) is 0.776. The van der Waals surface area contributed by atoms with Crippen LogP contribution in [0.4, 0.5) is 5.13 Å². The Hall–Kier alpha value is -0.610. The van der Waals surface area contributed by atoms with Gasteiger partial charge in [-0.25, -0.2) is 4.98 Å². The monoisotopic (exact) mass is 256 g/mol. The van der Waals surface area contributed by atoms with Gasteiger partial charge in [-0.3, -0.25) is 0 Å². The number of hydrogen-bond donors (Lipinski definition) is 1. The smallest absolute Gasteiger partial charge is 0.185 e. The number of aromatic nitrogens is 1. The fraction of sp³-hybridized carbons (Fsp3) is 0.769. The third-order valence-electron chi connectivity index (χ3n) is 2.83. The van der Waals surface area contributed by atoms with Crippen LogP contribution in [0.2, 0.25) is 0 Å². The summed E-state index contributed by atoms with van der Waals surface area (Å²) in [6, 6.07) is 0. The minimum atomic E-state index is 0.123. The Morgan fingerprint density at radius 3 is 2.53 bits per heavy atom. The van der Waals surface area contributed by atoms with Crippen LogP contribution in [0, 0.1) is 0 Å². The molecule has 0 aromatic carbocycles. The van der Waals surface area contributed by atoms with E-state index in [0.717, 1.165) is 41.6 Å². The molecule has 1 aromatic heterocycles. The molecule has 0 aliphatic carbocycles. The number of hydrogen-bond acceptors (Lipinski definition) is 4. The van der Waals surface area contributed by atoms with Crippen molar-refractivity contribution in [2.75, 3.05) is 18.0 Å². The lowest BCUT2D eigenvalue weighted by molar-refractivity contribution is 0.284. The van der Waals surface area contributed by atoms with Crippen molar-refractivity contribution in [2.24, 2.45) is 0 Å². The fourth-order valence-electron chi connectivity index (χ4n) is 1.80. The lowest BCUT2D eigenvalue weighted by Gasteiger charge is -2.19. The summed E-state index contributed by atoms with van der Waals surface area (Å²) in [5, 5.41) is 10.4. The van der Waals surface area contributed by atoms with E-state index in [1.165, 1.54) is 12.8 Å². The Morgan fingerprint density at radius 1 is 1.24 bits per heavy atom. The van der Waals surface area contributed by atoms with E-state index >= 15 is 0 Å². The SMILES string of the molecule is CCCCN(CC)c1nc(CCC)c(CO)s1. The number of aliphatic hydroxyl groups excluding tert-OH is 1. The normalized spacial score (nSPS) is 10.8. The summed E-state index contributed by atoms with van der Waals surface area (Å²) in [5.74, 6) is 0. The maximum absolute atomic E-state index is 9.34. The molecule has 0 fully saturated rings. The van der Waals surface area contributed by atoms with E-state index in [-0.39, 0.29) is 6.61 Å². The van der Waals surface area contributed by atoms with Crippen LogP contribution in [0.3, 0.4) is 0 Å². The number of rotatable bonds is 8. The van der Waals surface area contributed by atoms with Crippen LogP contribution in [0.25, 0.3) is 0 Å². The second kappa shape index (κ2) is 7.67. The third kappa shape index (κ3) is 3.96. The molecule has 0 radical (unpaired) electrons. The largest absolute Gasteiger partial charge is 0.391 e. The number of aliphatic hydroxyl groups is 1. The van der Waals surface area contributed by atoms with E-state index in [0.29, 0.717) is 0 Å². The van der Waals surface area contributed by atoms with Crippen LogP contribution >= 0.6 is 11.3 Å². The molecule has 0 saturated carbocycles. The number of aryl methyl sites for hydroxylation is 1. The Kier molecular flexibility index (Phi) is 6.52. The molecule has 0 atom stereocenters. The Labute approximate surface area is 108 Å². The first-order valence-electron chi connectivity index (χ1n) is 6.61.